The first-order valence-electron chi connectivity index (χ1n) is 7.22. The number of carbonyl (C=O) groups is 1. The lowest BCUT2D eigenvalue weighted by Crippen LogP contribution is -2.07. The minimum atomic E-state index is -0.341. The number of nitrogens with zero attached hydrogens (tertiary/aromatic N) is 1. The van der Waals surface area contributed by atoms with Crippen LogP contribution in [0, 0.1) is 0 Å². The number of hydrogen-bond acceptors (Lipinski definition) is 3. The van der Waals surface area contributed by atoms with E-state index >= 15 is 0 Å². The molecule has 0 N–H and O–H groups in total. The van der Waals surface area contributed by atoms with Crippen LogP contribution in [-0.2, 0) is 9.53 Å². The average Bonchev–Trinajstić information content (AvgIpc) is 2.89. The summed E-state index contributed by atoms with van der Waals surface area (Å²) in [4.78, 5) is 14.1. The zero-order valence-electron chi connectivity index (χ0n) is 12.9. The Kier molecular flexibility index (Phi) is 4.22. The Bertz CT molecular complexity index is 787. The van der Waals surface area contributed by atoms with Crippen LogP contribution in [0.5, 0.6) is 0 Å². The molecule has 0 radical (unpaired) electrons. The lowest BCUT2D eigenvalue weighted by molar-refractivity contribution is -0.130. The van der Waals surface area contributed by atoms with Crippen molar-refractivity contribution < 1.29 is 9.53 Å². The predicted molar refractivity (Wildman–Crippen MR) is 94.3 cm³/mol. The second-order valence-corrected chi connectivity index (χ2v) is 5.93. The highest BCUT2D eigenvalue weighted by Gasteiger charge is 2.21. The van der Waals surface area contributed by atoms with Crippen molar-refractivity contribution in [3.63, 3.8) is 0 Å². The standard InChI is InChI=1S/C19H16ClNO2/c1-21(2)17-9-3-13(4-10-17)11-15-12-18(23-19(15)22)14-5-7-16(20)8-6-14/h3-12H,1-2H3/b15-11-. The van der Waals surface area contributed by atoms with Crippen molar-refractivity contribution >= 4 is 35.1 Å². The van der Waals surface area contributed by atoms with Gasteiger partial charge >= 0.3 is 5.97 Å². The van der Waals surface area contributed by atoms with Gasteiger partial charge < -0.3 is 9.64 Å². The summed E-state index contributed by atoms with van der Waals surface area (Å²) >= 11 is 5.88. The molecule has 1 heterocycles. The molecule has 0 unspecified atom stereocenters. The SMILES string of the molecule is CN(C)c1ccc(/C=C2/C=C(c3ccc(Cl)cc3)OC2=O)cc1. The molecule has 3 rings (SSSR count). The molecular weight excluding hydrogens is 310 g/mol. The molecule has 0 aliphatic carbocycles. The molecular formula is C19H16ClNO2. The largest absolute Gasteiger partial charge is 0.422 e. The number of carbonyl (C=O) groups excluding carboxylic acids is 1. The second kappa shape index (κ2) is 6.31. The molecule has 2 aromatic rings. The fourth-order valence-corrected chi connectivity index (χ4v) is 2.42. The number of benzene rings is 2. The van der Waals surface area contributed by atoms with Gasteiger partial charge in [-0.2, -0.15) is 0 Å². The molecule has 0 amide bonds. The van der Waals surface area contributed by atoms with E-state index in [4.69, 9.17) is 16.3 Å². The van der Waals surface area contributed by atoms with Crippen molar-refractivity contribution in [3.05, 3.63) is 76.3 Å². The molecule has 116 valence electrons. The maximum atomic E-state index is 12.0. The third-order valence-corrected chi connectivity index (χ3v) is 3.84. The topological polar surface area (TPSA) is 29.5 Å². The number of halogens is 1. The summed E-state index contributed by atoms with van der Waals surface area (Å²) < 4.78 is 5.34. The van der Waals surface area contributed by atoms with Gasteiger partial charge in [0.05, 0.1) is 5.57 Å². The molecule has 0 bridgehead atoms. The van der Waals surface area contributed by atoms with Crippen LogP contribution in [0.3, 0.4) is 0 Å². The molecule has 4 heteroatoms. The van der Waals surface area contributed by atoms with Crippen molar-refractivity contribution in [2.24, 2.45) is 0 Å². The van der Waals surface area contributed by atoms with Gasteiger partial charge in [-0.3, -0.25) is 0 Å². The summed E-state index contributed by atoms with van der Waals surface area (Å²) in [5, 5.41) is 0.649. The Labute approximate surface area is 140 Å². The molecule has 1 aliphatic heterocycles. The maximum Gasteiger partial charge on any atom is 0.343 e. The zero-order chi connectivity index (χ0) is 16.4. The number of ether oxygens (including phenoxy) is 1. The minimum absolute atomic E-state index is 0.341. The number of hydrogen-bond donors (Lipinski definition) is 0. The average molecular weight is 326 g/mol. The van der Waals surface area contributed by atoms with Crippen LogP contribution in [0.15, 0.2) is 60.2 Å². The number of cyclic esters (lactones) is 1. The van der Waals surface area contributed by atoms with E-state index in [-0.39, 0.29) is 5.97 Å². The highest BCUT2D eigenvalue weighted by Crippen LogP contribution is 2.28. The third-order valence-electron chi connectivity index (χ3n) is 3.59. The summed E-state index contributed by atoms with van der Waals surface area (Å²) in [6.07, 6.45) is 3.58. The molecule has 3 nitrogen and oxygen atoms in total. The van der Waals surface area contributed by atoms with Gasteiger partial charge in [0.1, 0.15) is 5.76 Å². The molecule has 2 aromatic carbocycles. The van der Waals surface area contributed by atoms with Gasteiger partial charge in [0.15, 0.2) is 0 Å². The molecule has 0 fully saturated rings. The molecule has 0 saturated carbocycles. The Hall–Kier alpha value is -2.52. The van der Waals surface area contributed by atoms with Crippen LogP contribution < -0.4 is 4.90 Å². The fraction of sp³-hybridized carbons (Fsp3) is 0.105. The van der Waals surface area contributed by atoms with Crippen LogP contribution in [0.4, 0.5) is 5.69 Å². The van der Waals surface area contributed by atoms with E-state index < -0.39 is 0 Å². The quantitative estimate of drug-likeness (QED) is 0.619. The summed E-state index contributed by atoms with van der Waals surface area (Å²) in [5.41, 5.74) is 3.43. The molecule has 23 heavy (non-hydrogen) atoms. The van der Waals surface area contributed by atoms with Crippen molar-refractivity contribution in [3.8, 4) is 0 Å². The molecule has 0 atom stereocenters. The van der Waals surface area contributed by atoms with E-state index in [1.54, 1.807) is 18.2 Å². The van der Waals surface area contributed by atoms with Crippen LogP contribution in [0.25, 0.3) is 11.8 Å². The number of esters is 1. The van der Waals surface area contributed by atoms with Crippen LogP contribution in [-0.4, -0.2) is 20.1 Å². The van der Waals surface area contributed by atoms with Gasteiger partial charge in [-0.05, 0) is 54.1 Å². The summed E-state index contributed by atoms with van der Waals surface area (Å²) in [6.45, 7) is 0. The molecule has 0 aromatic heterocycles. The molecule has 1 aliphatic rings. The highest BCUT2D eigenvalue weighted by molar-refractivity contribution is 6.30. The minimum Gasteiger partial charge on any atom is -0.422 e. The second-order valence-electron chi connectivity index (χ2n) is 5.49. The van der Waals surface area contributed by atoms with Crippen molar-refractivity contribution in [1.29, 1.82) is 0 Å². The first-order chi connectivity index (χ1) is 11.0. The van der Waals surface area contributed by atoms with E-state index in [1.165, 1.54) is 0 Å². The fourth-order valence-electron chi connectivity index (χ4n) is 2.29. The number of rotatable bonds is 3. The predicted octanol–water partition coefficient (Wildman–Crippen LogP) is 4.39. The van der Waals surface area contributed by atoms with Gasteiger partial charge in [-0.15, -0.1) is 0 Å². The normalized spacial score (nSPS) is 15.5. The monoisotopic (exact) mass is 325 g/mol. The van der Waals surface area contributed by atoms with E-state index in [0.29, 0.717) is 16.4 Å². The van der Waals surface area contributed by atoms with E-state index in [9.17, 15) is 4.79 Å². The van der Waals surface area contributed by atoms with Crippen molar-refractivity contribution in [1.82, 2.24) is 0 Å². The van der Waals surface area contributed by atoms with Gasteiger partial charge in [0.25, 0.3) is 0 Å². The zero-order valence-corrected chi connectivity index (χ0v) is 13.7. The van der Waals surface area contributed by atoms with E-state index in [1.807, 2.05) is 61.5 Å². The van der Waals surface area contributed by atoms with E-state index in [0.717, 1.165) is 16.8 Å². The Morgan fingerprint density at radius 1 is 1.00 bits per heavy atom. The van der Waals surface area contributed by atoms with Crippen LogP contribution in [0.2, 0.25) is 5.02 Å². The Balaban J connectivity index is 1.87. The van der Waals surface area contributed by atoms with Gasteiger partial charge in [0, 0.05) is 30.4 Å². The highest BCUT2D eigenvalue weighted by atomic mass is 35.5. The smallest absolute Gasteiger partial charge is 0.343 e. The third kappa shape index (κ3) is 3.46. The van der Waals surface area contributed by atoms with E-state index in [2.05, 4.69) is 0 Å². The van der Waals surface area contributed by atoms with Gasteiger partial charge in [0.2, 0.25) is 0 Å². The number of anilines is 1. The van der Waals surface area contributed by atoms with Crippen molar-refractivity contribution in [2.75, 3.05) is 19.0 Å². The summed E-state index contributed by atoms with van der Waals surface area (Å²) in [7, 11) is 3.98. The lowest BCUT2D eigenvalue weighted by Gasteiger charge is -2.11. The van der Waals surface area contributed by atoms with Crippen LogP contribution in [0.1, 0.15) is 11.1 Å². The van der Waals surface area contributed by atoms with Gasteiger partial charge in [-0.25, -0.2) is 4.79 Å². The van der Waals surface area contributed by atoms with Crippen molar-refractivity contribution in [2.45, 2.75) is 0 Å². The summed E-state index contributed by atoms with van der Waals surface area (Å²) in [5.74, 6) is 0.203. The molecule has 0 spiro atoms. The first-order valence-corrected chi connectivity index (χ1v) is 7.59. The molecule has 0 saturated heterocycles. The summed E-state index contributed by atoms with van der Waals surface area (Å²) in [6, 6.07) is 15.2. The van der Waals surface area contributed by atoms with Gasteiger partial charge in [-0.1, -0.05) is 23.7 Å². The Morgan fingerprint density at radius 2 is 1.65 bits per heavy atom. The lowest BCUT2D eigenvalue weighted by atomic mass is 10.1. The van der Waals surface area contributed by atoms with Crippen LogP contribution >= 0.6 is 11.6 Å². The first kappa shape index (κ1) is 15.4. The Morgan fingerprint density at radius 3 is 2.26 bits per heavy atom. The maximum absolute atomic E-state index is 12.0.